The van der Waals surface area contributed by atoms with Crippen LogP contribution in [0.2, 0.25) is 0 Å². The Bertz CT molecular complexity index is 531. The highest BCUT2D eigenvalue weighted by Gasteiger charge is 2.15. The molecule has 1 unspecified atom stereocenters. The summed E-state index contributed by atoms with van der Waals surface area (Å²) in [6.07, 6.45) is 3.71. The lowest BCUT2D eigenvalue weighted by atomic mass is 9.92. The quantitative estimate of drug-likeness (QED) is 0.918. The van der Waals surface area contributed by atoms with Gasteiger partial charge in [-0.05, 0) is 52.3 Å². The van der Waals surface area contributed by atoms with Crippen molar-refractivity contribution in [3.05, 3.63) is 58.3 Å². The fourth-order valence-electron chi connectivity index (χ4n) is 2.11. The summed E-state index contributed by atoms with van der Waals surface area (Å²) in [6, 6.07) is 10.3. The highest BCUT2D eigenvalue weighted by atomic mass is 79.9. The van der Waals surface area contributed by atoms with Gasteiger partial charge in [-0.25, -0.2) is 0 Å². The van der Waals surface area contributed by atoms with Crippen LogP contribution in [0.1, 0.15) is 17.0 Å². The van der Waals surface area contributed by atoms with E-state index in [-0.39, 0.29) is 5.92 Å². The van der Waals surface area contributed by atoms with Crippen molar-refractivity contribution in [3.8, 4) is 5.75 Å². The number of likely N-dealkylation sites (N-methyl/N-ethyl adjacent to an activating group) is 1. The first kappa shape index (κ1) is 14.0. The zero-order chi connectivity index (χ0) is 13.7. The van der Waals surface area contributed by atoms with Crippen LogP contribution in [0.25, 0.3) is 0 Å². The third-order valence-electron chi connectivity index (χ3n) is 3.07. The minimum atomic E-state index is 0.279. The fraction of sp³-hybridized carbons (Fsp3) is 0.267. The molecule has 0 saturated heterocycles. The number of halogens is 1. The Morgan fingerprint density at radius 1 is 1.32 bits per heavy atom. The van der Waals surface area contributed by atoms with Crippen LogP contribution < -0.4 is 10.1 Å². The molecule has 0 aliphatic carbocycles. The average molecular weight is 321 g/mol. The number of nitrogens with one attached hydrogen (secondary N) is 1. The Morgan fingerprint density at radius 3 is 2.74 bits per heavy atom. The second-order valence-electron chi connectivity index (χ2n) is 4.29. The summed E-state index contributed by atoms with van der Waals surface area (Å²) in [5.41, 5.74) is 2.43. The van der Waals surface area contributed by atoms with E-state index in [1.807, 2.05) is 25.4 Å². The first-order valence-corrected chi connectivity index (χ1v) is 6.93. The minimum Gasteiger partial charge on any atom is -0.496 e. The van der Waals surface area contributed by atoms with E-state index in [1.165, 1.54) is 11.1 Å². The van der Waals surface area contributed by atoms with Crippen LogP contribution in [0.5, 0.6) is 5.75 Å². The van der Waals surface area contributed by atoms with Gasteiger partial charge in [0.15, 0.2) is 0 Å². The van der Waals surface area contributed by atoms with Gasteiger partial charge in [-0.15, -0.1) is 0 Å². The summed E-state index contributed by atoms with van der Waals surface area (Å²) in [7, 11) is 3.63. The molecule has 100 valence electrons. The highest BCUT2D eigenvalue weighted by molar-refractivity contribution is 9.10. The topological polar surface area (TPSA) is 34.2 Å². The van der Waals surface area contributed by atoms with Crippen LogP contribution in [0.4, 0.5) is 0 Å². The lowest BCUT2D eigenvalue weighted by Gasteiger charge is -2.18. The molecule has 4 heteroatoms. The molecule has 1 N–H and O–H groups in total. The Kier molecular flexibility index (Phi) is 4.93. The van der Waals surface area contributed by atoms with Crippen molar-refractivity contribution < 1.29 is 4.74 Å². The molecule has 0 aliphatic rings. The molecule has 0 fully saturated rings. The van der Waals surface area contributed by atoms with E-state index in [0.717, 1.165) is 16.8 Å². The van der Waals surface area contributed by atoms with Crippen molar-refractivity contribution in [1.82, 2.24) is 10.3 Å². The Hall–Kier alpha value is -1.39. The van der Waals surface area contributed by atoms with Gasteiger partial charge in [0, 0.05) is 24.9 Å². The minimum absolute atomic E-state index is 0.279. The van der Waals surface area contributed by atoms with Gasteiger partial charge < -0.3 is 10.1 Å². The van der Waals surface area contributed by atoms with Crippen LogP contribution >= 0.6 is 15.9 Å². The van der Waals surface area contributed by atoms with E-state index < -0.39 is 0 Å². The molecule has 2 rings (SSSR count). The van der Waals surface area contributed by atoms with Crippen LogP contribution in [0.3, 0.4) is 0 Å². The van der Waals surface area contributed by atoms with Gasteiger partial charge in [0.05, 0.1) is 11.6 Å². The number of pyridine rings is 1. The molecule has 1 aromatic carbocycles. The molecular weight excluding hydrogens is 304 g/mol. The SMILES string of the molecule is CNCC(c1cccnc1)c1ccc(OC)c(Br)c1. The van der Waals surface area contributed by atoms with Gasteiger partial charge in [-0.1, -0.05) is 12.1 Å². The molecular formula is C15H17BrN2O. The number of hydrogen-bond donors (Lipinski definition) is 1. The normalized spacial score (nSPS) is 12.2. The molecule has 19 heavy (non-hydrogen) atoms. The zero-order valence-electron chi connectivity index (χ0n) is 11.1. The monoisotopic (exact) mass is 320 g/mol. The van der Waals surface area contributed by atoms with Crippen LogP contribution in [-0.4, -0.2) is 25.7 Å². The van der Waals surface area contributed by atoms with E-state index in [2.05, 4.69) is 44.4 Å². The maximum Gasteiger partial charge on any atom is 0.133 e. The molecule has 0 saturated carbocycles. The standard InChI is InChI=1S/C15H17BrN2O/c1-17-10-13(12-4-3-7-18-9-12)11-5-6-15(19-2)14(16)8-11/h3-9,13,17H,10H2,1-2H3. The summed E-state index contributed by atoms with van der Waals surface area (Å²) in [4.78, 5) is 4.21. The molecule has 0 spiro atoms. The van der Waals surface area contributed by atoms with E-state index >= 15 is 0 Å². The number of hydrogen-bond acceptors (Lipinski definition) is 3. The van der Waals surface area contributed by atoms with Crippen molar-refractivity contribution in [2.24, 2.45) is 0 Å². The molecule has 1 atom stereocenters. The Labute approximate surface area is 122 Å². The predicted molar refractivity (Wildman–Crippen MR) is 80.7 cm³/mol. The Balaban J connectivity index is 2.37. The smallest absolute Gasteiger partial charge is 0.133 e. The van der Waals surface area contributed by atoms with Gasteiger partial charge in [0.1, 0.15) is 5.75 Å². The first-order chi connectivity index (χ1) is 9.26. The largest absolute Gasteiger partial charge is 0.496 e. The summed E-state index contributed by atoms with van der Waals surface area (Å²) >= 11 is 3.54. The van der Waals surface area contributed by atoms with Crippen LogP contribution in [-0.2, 0) is 0 Å². The number of benzene rings is 1. The number of methoxy groups -OCH3 is 1. The third-order valence-corrected chi connectivity index (χ3v) is 3.69. The lowest BCUT2D eigenvalue weighted by molar-refractivity contribution is 0.412. The molecule has 0 bridgehead atoms. The van der Waals surface area contributed by atoms with Crippen molar-refractivity contribution in [2.45, 2.75) is 5.92 Å². The first-order valence-electron chi connectivity index (χ1n) is 6.14. The maximum absolute atomic E-state index is 5.27. The van der Waals surface area contributed by atoms with Crippen molar-refractivity contribution in [3.63, 3.8) is 0 Å². The van der Waals surface area contributed by atoms with Crippen LogP contribution in [0, 0.1) is 0 Å². The summed E-state index contributed by atoms with van der Waals surface area (Å²) in [5, 5.41) is 3.24. The fourth-order valence-corrected chi connectivity index (χ4v) is 2.67. The molecule has 3 nitrogen and oxygen atoms in total. The molecule has 0 amide bonds. The lowest BCUT2D eigenvalue weighted by Crippen LogP contribution is -2.18. The van der Waals surface area contributed by atoms with Gasteiger partial charge >= 0.3 is 0 Å². The van der Waals surface area contributed by atoms with Gasteiger partial charge in [0.25, 0.3) is 0 Å². The third kappa shape index (κ3) is 3.33. The molecule has 1 heterocycles. The highest BCUT2D eigenvalue weighted by Crippen LogP contribution is 2.31. The van der Waals surface area contributed by atoms with Crippen molar-refractivity contribution >= 4 is 15.9 Å². The molecule has 0 radical (unpaired) electrons. The van der Waals surface area contributed by atoms with E-state index in [1.54, 1.807) is 13.3 Å². The number of ether oxygens (including phenoxy) is 1. The number of nitrogens with zero attached hydrogens (tertiary/aromatic N) is 1. The summed E-state index contributed by atoms with van der Waals surface area (Å²) in [6.45, 7) is 0.866. The summed E-state index contributed by atoms with van der Waals surface area (Å²) in [5.74, 6) is 1.12. The second kappa shape index (κ2) is 6.68. The van der Waals surface area contributed by atoms with Gasteiger partial charge in [-0.2, -0.15) is 0 Å². The number of rotatable bonds is 5. The molecule has 0 aliphatic heterocycles. The van der Waals surface area contributed by atoms with E-state index in [0.29, 0.717) is 0 Å². The maximum atomic E-state index is 5.27. The van der Waals surface area contributed by atoms with Gasteiger partial charge in [0.2, 0.25) is 0 Å². The van der Waals surface area contributed by atoms with Gasteiger partial charge in [-0.3, -0.25) is 4.98 Å². The average Bonchev–Trinajstić information content (AvgIpc) is 2.45. The molecule has 2 aromatic rings. The van der Waals surface area contributed by atoms with Crippen molar-refractivity contribution in [1.29, 1.82) is 0 Å². The van der Waals surface area contributed by atoms with E-state index in [9.17, 15) is 0 Å². The predicted octanol–water partition coefficient (Wildman–Crippen LogP) is 3.20. The van der Waals surface area contributed by atoms with Crippen molar-refractivity contribution in [2.75, 3.05) is 20.7 Å². The Morgan fingerprint density at radius 2 is 2.16 bits per heavy atom. The number of aromatic nitrogens is 1. The zero-order valence-corrected chi connectivity index (χ0v) is 12.6. The van der Waals surface area contributed by atoms with Crippen LogP contribution in [0.15, 0.2) is 47.2 Å². The summed E-state index contributed by atoms with van der Waals surface area (Å²) < 4.78 is 6.24. The van der Waals surface area contributed by atoms with E-state index in [4.69, 9.17) is 4.74 Å². The molecule has 1 aromatic heterocycles. The second-order valence-corrected chi connectivity index (χ2v) is 5.14.